The van der Waals surface area contributed by atoms with Crippen LogP contribution < -0.4 is 20.7 Å². The topological polar surface area (TPSA) is 110 Å². The van der Waals surface area contributed by atoms with Gasteiger partial charge in [0.1, 0.15) is 5.75 Å². The molecule has 1 aromatic heterocycles. The summed E-state index contributed by atoms with van der Waals surface area (Å²) in [5, 5.41) is 1.78. The van der Waals surface area contributed by atoms with Gasteiger partial charge in [-0.25, -0.2) is 13.2 Å². The van der Waals surface area contributed by atoms with Gasteiger partial charge in [0, 0.05) is 29.1 Å². The van der Waals surface area contributed by atoms with Gasteiger partial charge >= 0.3 is 35.2 Å². The number of hydrogen-bond donors (Lipinski definition) is 2. The number of methoxy groups -OCH3 is 1. The number of sulfonamides is 1. The Morgan fingerprint density at radius 2 is 1.61 bits per heavy atom. The van der Waals surface area contributed by atoms with Crippen LogP contribution in [0.25, 0.3) is 27.6 Å². The Kier molecular flexibility index (Phi) is 7.90. The average molecular weight is 518 g/mol. The van der Waals surface area contributed by atoms with Crippen molar-refractivity contribution >= 4 is 56.0 Å². The van der Waals surface area contributed by atoms with E-state index in [-0.39, 0.29) is 35.0 Å². The van der Waals surface area contributed by atoms with Gasteiger partial charge in [-0.2, -0.15) is 0 Å². The number of fused-ring (bicyclic) bond motifs is 1. The second kappa shape index (κ2) is 10.3. The van der Waals surface area contributed by atoms with E-state index in [1.165, 1.54) is 16.8 Å². The number of benzene rings is 3. The number of anilines is 1. The Bertz CT molecular complexity index is 1670. The molecule has 0 spiro atoms. The first-order valence-electron chi connectivity index (χ1n) is 10.9. The minimum atomic E-state index is -3.38. The van der Waals surface area contributed by atoms with E-state index in [1.807, 2.05) is 36.4 Å². The summed E-state index contributed by atoms with van der Waals surface area (Å²) in [6, 6.07) is 16.2. The molecule has 0 bridgehead atoms. The number of aromatic amines is 1. The molecular weight excluding hydrogens is 489 g/mol. The Morgan fingerprint density at radius 3 is 2.22 bits per heavy atom. The van der Waals surface area contributed by atoms with Crippen molar-refractivity contribution in [3.05, 3.63) is 87.2 Å². The van der Waals surface area contributed by atoms with Crippen LogP contribution in [0.3, 0.4) is 0 Å². The summed E-state index contributed by atoms with van der Waals surface area (Å²) in [6.45, 7) is 6.18. The molecule has 0 saturated heterocycles. The minimum absolute atomic E-state index is 0. The van der Waals surface area contributed by atoms with Crippen LogP contribution in [0.4, 0.5) is 5.69 Å². The van der Waals surface area contributed by atoms with E-state index < -0.39 is 21.3 Å². The monoisotopic (exact) mass is 517 g/mol. The number of ether oxygens (including phenoxy) is 1. The molecule has 0 aliphatic heterocycles. The molecule has 4 rings (SSSR count). The van der Waals surface area contributed by atoms with Crippen molar-refractivity contribution in [3.8, 4) is 22.6 Å². The predicted octanol–water partition coefficient (Wildman–Crippen LogP) is 3.38. The van der Waals surface area contributed by atoms with Gasteiger partial charge in [-0.1, -0.05) is 39.0 Å². The first-order chi connectivity index (χ1) is 16.4. The van der Waals surface area contributed by atoms with Crippen molar-refractivity contribution < 1.29 is 13.2 Å². The third kappa shape index (κ3) is 5.92. The van der Waals surface area contributed by atoms with Crippen LogP contribution >= 0.6 is 0 Å². The molecular formula is C26H28N3NaO5S. The van der Waals surface area contributed by atoms with Gasteiger partial charge in [-0.3, -0.25) is 19.1 Å². The number of nitrogens with one attached hydrogen (secondary N) is 2. The second-order valence-corrected chi connectivity index (χ2v) is 11.2. The number of hydrogen-bond acceptors (Lipinski definition) is 5. The summed E-state index contributed by atoms with van der Waals surface area (Å²) < 4.78 is 32.9. The third-order valence-electron chi connectivity index (χ3n) is 5.64. The van der Waals surface area contributed by atoms with Crippen molar-refractivity contribution in [2.75, 3.05) is 18.1 Å². The van der Waals surface area contributed by atoms with Gasteiger partial charge < -0.3 is 4.74 Å². The molecule has 0 radical (unpaired) electrons. The van der Waals surface area contributed by atoms with Crippen LogP contribution in [0, 0.1) is 0 Å². The summed E-state index contributed by atoms with van der Waals surface area (Å²) in [6.07, 6.45) is 2.57. The summed E-state index contributed by atoms with van der Waals surface area (Å²) in [4.78, 5) is 26.4. The van der Waals surface area contributed by atoms with Crippen LogP contribution in [-0.2, 0) is 15.4 Å². The molecule has 0 saturated carbocycles. The molecule has 8 nitrogen and oxygen atoms in total. The van der Waals surface area contributed by atoms with Gasteiger partial charge in [0.25, 0.3) is 5.56 Å². The Hall–Kier alpha value is -2.85. The first-order valence-corrected chi connectivity index (χ1v) is 12.8. The predicted molar refractivity (Wildman–Crippen MR) is 146 cm³/mol. The van der Waals surface area contributed by atoms with Crippen LogP contribution in [0.2, 0.25) is 0 Å². The van der Waals surface area contributed by atoms with Crippen molar-refractivity contribution in [1.29, 1.82) is 0 Å². The number of H-pyrrole nitrogens is 1. The van der Waals surface area contributed by atoms with E-state index in [4.69, 9.17) is 4.74 Å². The first kappa shape index (κ1) is 27.7. The fraction of sp³-hybridized carbons (Fsp3) is 0.231. The maximum absolute atomic E-state index is 12.5. The van der Waals surface area contributed by atoms with Gasteiger partial charge in [0.2, 0.25) is 10.0 Å². The van der Waals surface area contributed by atoms with Gasteiger partial charge in [0.15, 0.2) is 0 Å². The van der Waals surface area contributed by atoms with E-state index in [9.17, 15) is 18.0 Å². The van der Waals surface area contributed by atoms with Gasteiger partial charge in [0.05, 0.1) is 19.1 Å². The van der Waals surface area contributed by atoms with Gasteiger partial charge in [-0.05, 0) is 52.1 Å². The van der Waals surface area contributed by atoms with Gasteiger partial charge in [-0.15, -0.1) is 0 Å². The fourth-order valence-electron chi connectivity index (χ4n) is 4.06. The normalized spacial score (nSPS) is 11.7. The number of rotatable bonds is 5. The third-order valence-corrected chi connectivity index (χ3v) is 6.25. The molecule has 184 valence electrons. The molecule has 10 heteroatoms. The molecule has 3 aromatic carbocycles. The Balaban J connectivity index is 0.00000361. The maximum atomic E-state index is 12.5. The zero-order valence-corrected chi connectivity index (χ0v) is 21.0. The second-order valence-electron chi connectivity index (χ2n) is 9.46. The van der Waals surface area contributed by atoms with Crippen molar-refractivity contribution in [2.45, 2.75) is 26.2 Å². The molecule has 0 amide bonds. The molecule has 0 aliphatic carbocycles. The molecule has 2 N–H and O–H groups in total. The van der Waals surface area contributed by atoms with Crippen LogP contribution in [-0.4, -0.2) is 60.9 Å². The number of nitrogens with zero attached hydrogens (tertiary/aromatic N) is 1. The van der Waals surface area contributed by atoms with Crippen molar-refractivity contribution in [1.82, 2.24) is 9.55 Å². The molecule has 0 atom stereocenters. The Labute approximate surface area is 231 Å². The zero-order valence-electron chi connectivity index (χ0n) is 20.2. The molecule has 36 heavy (non-hydrogen) atoms. The fourth-order valence-corrected chi connectivity index (χ4v) is 4.61. The van der Waals surface area contributed by atoms with E-state index in [2.05, 4.69) is 30.5 Å². The summed E-state index contributed by atoms with van der Waals surface area (Å²) in [5.41, 5.74) is 2.34. The molecule has 1 heterocycles. The SMILES string of the molecule is COc1c(-c2ccc3cc(NS(C)(=O)=O)ccc3c2)cc(-n2ccc(=O)[nH]c2=O)cc1C(C)(C)C.[NaH]. The van der Waals surface area contributed by atoms with Crippen molar-refractivity contribution in [2.24, 2.45) is 0 Å². The quantitative estimate of drug-likeness (QED) is 0.395. The van der Waals surface area contributed by atoms with Crippen LogP contribution in [0.5, 0.6) is 5.75 Å². The summed E-state index contributed by atoms with van der Waals surface area (Å²) in [7, 11) is -1.76. The molecule has 4 aromatic rings. The molecule has 0 fully saturated rings. The van der Waals surface area contributed by atoms with Crippen molar-refractivity contribution in [3.63, 3.8) is 0 Å². The number of aromatic nitrogens is 2. The molecule has 0 unspecified atom stereocenters. The van der Waals surface area contributed by atoms with E-state index in [0.717, 1.165) is 33.7 Å². The molecule has 0 aliphatic rings. The summed E-state index contributed by atoms with van der Waals surface area (Å²) in [5.74, 6) is 0.688. The van der Waals surface area contributed by atoms with E-state index in [1.54, 1.807) is 19.2 Å². The van der Waals surface area contributed by atoms with Crippen LogP contribution in [0.15, 0.2) is 70.4 Å². The van der Waals surface area contributed by atoms with E-state index >= 15 is 0 Å². The van der Waals surface area contributed by atoms with E-state index in [0.29, 0.717) is 17.1 Å². The Morgan fingerprint density at radius 1 is 0.944 bits per heavy atom. The average Bonchev–Trinajstić information content (AvgIpc) is 2.76. The zero-order chi connectivity index (χ0) is 25.5. The standard InChI is InChI=1S/C26H27N3O5S.Na.H/c1-26(2,3)22-15-20(29-11-10-23(30)27-25(29)31)14-21(24(22)34-4)18-7-6-17-13-19(28-35(5,32)33)9-8-16(17)12-18;;/h6-15,28H,1-5H3,(H,27,30,31);;. The van der Waals surface area contributed by atoms with Crippen LogP contribution in [0.1, 0.15) is 26.3 Å². The summed E-state index contributed by atoms with van der Waals surface area (Å²) >= 11 is 0.